The van der Waals surface area contributed by atoms with Crippen LogP contribution in [0.15, 0.2) is 48.6 Å². The summed E-state index contributed by atoms with van der Waals surface area (Å²) in [5.41, 5.74) is 0. The molecule has 50 heavy (non-hydrogen) atoms. The summed E-state index contributed by atoms with van der Waals surface area (Å²) in [6.45, 7) is 11.4. The van der Waals surface area contributed by atoms with Crippen molar-refractivity contribution in [2.75, 3.05) is 53.1 Å². The minimum atomic E-state index is 0.309. The Balaban J connectivity index is 2.05. The van der Waals surface area contributed by atoms with Crippen LogP contribution >= 0.6 is 0 Å². The van der Waals surface area contributed by atoms with Crippen LogP contribution in [0, 0.1) is 5.92 Å². The highest BCUT2D eigenvalue weighted by Gasteiger charge is 2.18. The molecule has 4 heteroatoms. The van der Waals surface area contributed by atoms with Crippen LogP contribution in [0.2, 0.25) is 0 Å². The first-order valence-corrected chi connectivity index (χ1v) is 21.9. The average molecular weight is 699 g/mol. The predicted molar refractivity (Wildman–Crippen MR) is 222 cm³/mol. The van der Waals surface area contributed by atoms with Crippen molar-refractivity contribution in [1.82, 2.24) is 10.2 Å². The van der Waals surface area contributed by atoms with E-state index in [9.17, 15) is 0 Å². The number of piperidine rings is 1. The number of hydrogen-bond acceptors (Lipinski definition) is 4. The van der Waals surface area contributed by atoms with E-state index in [-0.39, 0.29) is 0 Å². The van der Waals surface area contributed by atoms with E-state index in [4.69, 9.17) is 9.47 Å². The van der Waals surface area contributed by atoms with Gasteiger partial charge in [0, 0.05) is 13.2 Å². The average Bonchev–Trinajstić information content (AvgIpc) is 3.13. The highest BCUT2D eigenvalue weighted by Crippen LogP contribution is 2.15. The standard InChI is InChI=1S/C46H86N2O2/c1-4-6-8-10-12-14-16-18-20-22-24-26-28-30-32-34-40-49-43-46(47-42-45-36-38-48(3)39-37-45)44-50-41-35-33-31-29-27-25-23-21-19-17-15-13-11-9-7-5-2/h12-15,18-21,45-47H,4-11,16-17,22-44H2,1-3H3. The second kappa shape index (κ2) is 39.0. The summed E-state index contributed by atoms with van der Waals surface area (Å²) in [7, 11) is 2.25. The van der Waals surface area contributed by atoms with Crippen molar-refractivity contribution in [3.63, 3.8) is 0 Å². The number of likely N-dealkylation sites (tertiary alicyclic amines) is 1. The van der Waals surface area contributed by atoms with E-state index in [1.54, 1.807) is 0 Å². The van der Waals surface area contributed by atoms with E-state index in [0.717, 1.165) is 51.7 Å². The maximum Gasteiger partial charge on any atom is 0.0642 e. The van der Waals surface area contributed by atoms with Gasteiger partial charge >= 0.3 is 0 Å². The molecule has 292 valence electrons. The molecule has 0 aromatic heterocycles. The summed E-state index contributed by atoms with van der Waals surface area (Å²) in [5.74, 6) is 0.786. The lowest BCUT2D eigenvalue weighted by Gasteiger charge is -2.30. The Morgan fingerprint density at radius 2 is 0.900 bits per heavy atom. The highest BCUT2D eigenvalue weighted by atomic mass is 16.5. The van der Waals surface area contributed by atoms with Crippen LogP contribution in [-0.2, 0) is 9.47 Å². The van der Waals surface area contributed by atoms with E-state index < -0.39 is 0 Å². The molecule has 1 aliphatic heterocycles. The molecule has 4 nitrogen and oxygen atoms in total. The fourth-order valence-corrected chi connectivity index (χ4v) is 6.60. The predicted octanol–water partition coefficient (Wildman–Crippen LogP) is 12.9. The fraction of sp³-hybridized carbons (Fsp3) is 0.826. The molecule has 0 atom stereocenters. The third-order valence-corrected chi connectivity index (χ3v) is 10.2. The van der Waals surface area contributed by atoms with Gasteiger partial charge in [-0.1, -0.05) is 140 Å². The monoisotopic (exact) mass is 699 g/mol. The summed E-state index contributed by atoms with van der Waals surface area (Å²) in [5, 5.41) is 3.83. The quantitative estimate of drug-likeness (QED) is 0.0517. The number of ether oxygens (including phenoxy) is 2. The molecule has 0 radical (unpaired) electrons. The summed E-state index contributed by atoms with van der Waals surface area (Å²) in [6, 6.07) is 0.309. The van der Waals surface area contributed by atoms with Gasteiger partial charge in [-0.15, -0.1) is 0 Å². The van der Waals surface area contributed by atoms with E-state index in [1.807, 2.05) is 0 Å². The molecule has 0 unspecified atom stereocenters. The lowest BCUT2D eigenvalue weighted by Crippen LogP contribution is -2.42. The Labute approximate surface area is 313 Å². The lowest BCUT2D eigenvalue weighted by atomic mass is 9.97. The van der Waals surface area contributed by atoms with E-state index >= 15 is 0 Å². The molecule has 1 rings (SSSR count). The molecule has 1 aliphatic rings. The van der Waals surface area contributed by atoms with Crippen molar-refractivity contribution in [3.8, 4) is 0 Å². The van der Waals surface area contributed by atoms with Crippen LogP contribution in [-0.4, -0.2) is 64.1 Å². The minimum absolute atomic E-state index is 0.309. The zero-order chi connectivity index (χ0) is 35.8. The maximum atomic E-state index is 6.19. The molecular formula is C46H86N2O2. The summed E-state index contributed by atoms with van der Waals surface area (Å²) in [6.07, 6.45) is 52.3. The molecule has 1 saturated heterocycles. The first-order valence-electron chi connectivity index (χ1n) is 21.9. The van der Waals surface area contributed by atoms with Crippen molar-refractivity contribution in [2.24, 2.45) is 5.92 Å². The summed E-state index contributed by atoms with van der Waals surface area (Å²) in [4.78, 5) is 2.46. The van der Waals surface area contributed by atoms with E-state index in [1.165, 1.54) is 167 Å². The van der Waals surface area contributed by atoms with Gasteiger partial charge in [0.2, 0.25) is 0 Å². The Kier molecular flexibility index (Phi) is 36.5. The summed E-state index contributed by atoms with van der Waals surface area (Å²) >= 11 is 0. The fourth-order valence-electron chi connectivity index (χ4n) is 6.60. The molecule has 1 heterocycles. The van der Waals surface area contributed by atoms with Crippen molar-refractivity contribution < 1.29 is 9.47 Å². The lowest BCUT2D eigenvalue weighted by molar-refractivity contribution is 0.0503. The van der Waals surface area contributed by atoms with Gasteiger partial charge < -0.3 is 19.7 Å². The number of nitrogens with zero attached hydrogens (tertiary/aromatic N) is 1. The van der Waals surface area contributed by atoms with Gasteiger partial charge in [-0.3, -0.25) is 0 Å². The molecule has 0 saturated carbocycles. The molecule has 0 aliphatic carbocycles. The van der Waals surface area contributed by atoms with Gasteiger partial charge in [0.25, 0.3) is 0 Å². The second-order valence-corrected chi connectivity index (χ2v) is 15.2. The third kappa shape index (κ3) is 33.9. The highest BCUT2D eigenvalue weighted by molar-refractivity contribution is 4.93. The SMILES string of the molecule is CCCCCC=CCC=CCCCCCCCCOCC(COCCCCCCCCC=CCC=CCCCCC)NCC1CCN(C)CC1. The first kappa shape index (κ1) is 46.8. The van der Waals surface area contributed by atoms with Gasteiger partial charge in [0.15, 0.2) is 0 Å². The molecule has 0 bridgehead atoms. The van der Waals surface area contributed by atoms with Gasteiger partial charge in [0.1, 0.15) is 0 Å². The Morgan fingerprint density at radius 3 is 1.32 bits per heavy atom. The van der Waals surface area contributed by atoms with E-state index in [2.05, 4.69) is 79.7 Å². The van der Waals surface area contributed by atoms with Gasteiger partial charge in [-0.2, -0.15) is 0 Å². The van der Waals surface area contributed by atoms with Gasteiger partial charge in [0.05, 0.1) is 19.3 Å². The van der Waals surface area contributed by atoms with Crippen LogP contribution in [0.4, 0.5) is 0 Å². The van der Waals surface area contributed by atoms with Crippen molar-refractivity contribution >= 4 is 0 Å². The molecule has 0 aromatic carbocycles. The normalized spacial score (nSPS) is 15.6. The van der Waals surface area contributed by atoms with Gasteiger partial charge in [-0.05, 0) is 122 Å². The smallest absolute Gasteiger partial charge is 0.0642 e. The first-order chi connectivity index (χ1) is 24.8. The van der Waals surface area contributed by atoms with Gasteiger partial charge in [-0.25, -0.2) is 0 Å². The van der Waals surface area contributed by atoms with Crippen LogP contribution in [0.1, 0.15) is 181 Å². The van der Waals surface area contributed by atoms with Crippen molar-refractivity contribution in [2.45, 2.75) is 187 Å². The third-order valence-electron chi connectivity index (χ3n) is 10.2. The van der Waals surface area contributed by atoms with Crippen LogP contribution in [0.3, 0.4) is 0 Å². The number of hydrogen-bond donors (Lipinski definition) is 1. The number of allylic oxidation sites excluding steroid dienone is 8. The van der Waals surface area contributed by atoms with Crippen LogP contribution in [0.25, 0.3) is 0 Å². The molecule has 0 aromatic rings. The van der Waals surface area contributed by atoms with E-state index in [0.29, 0.717) is 6.04 Å². The number of rotatable bonds is 37. The minimum Gasteiger partial charge on any atom is -0.380 e. The van der Waals surface area contributed by atoms with Crippen molar-refractivity contribution in [1.29, 1.82) is 0 Å². The second-order valence-electron chi connectivity index (χ2n) is 15.2. The van der Waals surface area contributed by atoms with Crippen LogP contribution < -0.4 is 5.32 Å². The van der Waals surface area contributed by atoms with Crippen molar-refractivity contribution in [3.05, 3.63) is 48.6 Å². The van der Waals surface area contributed by atoms with Crippen LogP contribution in [0.5, 0.6) is 0 Å². The zero-order valence-corrected chi connectivity index (χ0v) is 33.9. The topological polar surface area (TPSA) is 33.7 Å². The number of unbranched alkanes of at least 4 members (excludes halogenated alkanes) is 18. The summed E-state index contributed by atoms with van der Waals surface area (Å²) < 4.78 is 12.4. The molecule has 0 amide bonds. The molecule has 1 N–H and O–H groups in total. The molecular weight excluding hydrogens is 613 g/mol. The Morgan fingerprint density at radius 1 is 0.520 bits per heavy atom. The Bertz CT molecular complexity index is 731. The zero-order valence-electron chi connectivity index (χ0n) is 33.9. The number of nitrogens with one attached hydrogen (secondary N) is 1. The largest absolute Gasteiger partial charge is 0.380 e. The Hall–Kier alpha value is -1.20. The molecule has 1 fully saturated rings. The maximum absolute atomic E-state index is 6.19. The molecule has 0 spiro atoms.